The number of halogens is 1. The van der Waals surface area contributed by atoms with Crippen LogP contribution in [0.5, 0.6) is 0 Å². The predicted octanol–water partition coefficient (Wildman–Crippen LogP) is 4.64. The molecular weight excluding hydrogens is 460 g/mol. The second-order valence-corrected chi connectivity index (χ2v) is 8.54. The monoisotopic (exact) mass is 480 g/mol. The third kappa shape index (κ3) is 4.98. The molecule has 1 aromatic heterocycles. The number of carbonyl (C=O) groups is 1. The number of ether oxygens (including phenoxy) is 2. The zero-order chi connectivity index (χ0) is 24.1. The minimum atomic E-state index is -0.852. The van der Waals surface area contributed by atoms with Crippen LogP contribution in [0.2, 0.25) is 5.02 Å². The van der Waals surface area contributed by atoms with Crippen molar-refractivity contribution in [1.82, 2.24) is 4.98 Å². The van der Waals surface area contributed by atoms with E-state index in [1.807, 2.05) is 19.9 Å². The average Bonchev–Trinajstić information content (AvgIpc) is 2.77. The maximum atomic E-state index is 13.1. The van der Waals surface area contributed by atoms with E-state index in [-0.39, 0.29) is 35.1 Å². The van der Waals surface area contributed by atoms with E-state index in [4.69, 9.17) is 26.8 Å². The van der Waals surface area contributed by atoms with Crippen molar-refractivity contribution in [3.63, 3.8) is 0 Å². The number of hydrogen-bond acceptors (Lipinski definition) is 8. The van der Waals surface area contributed by atoms with Gasteiger partial charge in [0, 0.05) is 10.7 Å². The number of allylic oxidation sites excluding steroid dienone is 1. The minimum Gasteiger partial charge on any atom is -0.463 e. The fourth-order valence-corrected chi connectivity index (χ4v) is 4.84. The van der Waals surface area contributed by atoms with Gasteiger partial charge in [-0.2, -0.15) is 10.5 Å². The van der Waals surface area contributed by atoms with Gasteiger partial charge in [-0.25, -0.2) is 9.78 Å². The van der Waals surface area contributed by atoms with Crippen molar-refractivity contribution in [2.24, 2.45) is 5.73 Å². The number of nitrogens with zero attached hydrogens (tertiary/aromatic N) is 3. The predicted molar refractivity (Wildman–Crippen MR) is 125 cm³/mol. The lowest BCUT2D eigenvalue weighted by Gasteiger charge is -2.28. The standard InChI is InChI=1S/C24H21ClN4O3S/c1-4-31-24(30)21-19(12-33-23-16(10-26)13(2)9-14(3)29-23)32-22(28)17(11-27)20(21)15-7-5-6-8-18(15)25/h5-9,20H,4,12,28H2,1-3H3. The van der Waals surface area contributed by atoms with E-state index in [0.29, 0.717) is 21.2 Å². The molecule has 0 amide bonds. The summed E-state index contributed by atoms with van der Waals surface area (Å²) in [6, 6.07) is 13.0. The number of carbonyl (C=O) groups excluding carboxylic acids is 1. The Morgan fingerprint density at radius 2 is 2.03 bits per heavy atom. The Morgan fingerprint density at radius 3 is 2.67 bits per heavy atom. The maximum Gasteiger partial charge on any atom is 0.338 e. The molecule has 3 rings (SSSR count). The Bertz CT molecular complexity index is 1260. The molecule has 2 aromatic rings. The Kier molecular flexibility index (Phi) is 7.65. The first-order valence-corrected chi connectivity index (χ1v) is 11.4. The number of nitrogens with two attached hydrogens (primary N) is 1. The molecule has 1 aliphatic rings. The molecule has 9 heteroatoms. The van der Waals surface area contributed by atoms with E-state index in [2.05, 4.69) is 17.1 Å². The number of nitriles is 2. The highest BCUT2D eigenvalue weighted by atomic mass is 35.5. The summed E-state index contributed by atoms with van der Waals surface area (Å²) in [7, 11) is 0. The summed E-state index contributed by atoms with van der Waals surface area (Å²) in [4.78, 5) is 17.5. The first-order chi connectivity index (χ1) is 15.8. The van der Waals surface area contributed by atoms with Gasteiger partial charge in [0.25, 0.3) is 0 Å². The van der Waals surface area contributed by atoms with Gasteiger partial charge >= 0.3 is 5.97 Å². The van der Waals surface area contributed by atoms with Crippen molar-refractivity contribution >= 4 is 29.3 Å². The Balaban J connectivity index is 2.14. The number of esters is 1. The maximum absolute atomic E-state index is 13.1. The summed E-state index contributed by atoms with van der Waals surface area (Å²) >= 11 is 7.67. The van der Waals surface area contributed by atoms with E-state index in [0.717, 1.165) is 11.3 Å². The molecular formula is C24H21ClN4O3S. The summed E-state index contributed by atoms with van der Waals surface area (Å²) in [5.74, 6) is -1.23. The highest BCUT2D eigenvalue weighted by molar-refractivity contribution is 7.99. The molecule has 0 fully saturated rings. The van der Waals surface area contributed by atoms with Crippen LogP contribution in [0.4, 0.5) is 0 Å². The lowest BCUT2D eigenvalue weighted by molar-refractivity contribution is -0.139. The molecule has 168 valence electrons. The highest BCUT2D eigenvalue weighted by Crippen LogP contribution is 2.43. The van der Waals surface area contributed by atoms with Gasteiger partial charge in [-0.3, -0.25) is 0 Å². The van der Waals surface area contributed by atoms with Crippen molar-refractivity contribution in [1.29, 1.82) is 10.5 Å². The SMILES string of the molecule is CCOC(=O)C1=C(CSc2nc(C)cc(C)c2C#N)OC(N)=C(C#N)C1c1ccccc1Cl. The van der Waals surface area contributed by atoms with Gasteiger partial charge in [-0.05, 0) is 44.0 Å². The van der Waals surface area contributed by atoms with Gasteiger partial charge in [-0.1, -0.05) is 41.6 Å². The van der Waals surface area contributed by atoms with Crippen LogP contribution < -0.4 is 5.73 Å². The molecule has 1 unspecified atom stereocenters. The average molecular weight is 481 g/mol. The Morgan fingerprint density at radius 1 is 1.30 bits per heavy atom. The quantitative estimate of drug-likeness (QED) is 0.468. The van der Waals surface area contributed by atoms with Crippen LogP contribution in [0.3, 0.4) is 0 Å². The van der Waals surface area contributed by atoms with E-state index in [9.17, 15) is 15.3 Å². The summed E-state index contributed by atoms with van der Waals surface area (Å²) < 4.78 is 11.1. The van der Waals surface area contributed by atoms with Gasteiger partial charge in [-0.15, -0.1) is 0 Å². The van der Waals surface area contributed by atoms with Crippen LogP contribution in [0, 0.1) is 36.5 Å². The van der Waals surface area contributed by atoms with Crippen molar-refractivity contribution in [3.05, 3.63) is 80.5 Å². The van der Waals surface area contributed by atoms with Gasteiger partial charge in [0.1, 0.15) is 28.5 Å². The zero-order valence-electron chi connectivity index (χ0n) is 18.3. The molecule has 0 aliphatic carbocycles. The third-order valence-electron chi connectivity index (χ3n) is 4.97. The number of benzene rings is 1. The van der Waals surface area contributed by atoms with Crippen LogP contribution >= 0.6 is 23.4 Å². The summed E-state index contributed by atoms with van der Waals surface area (Å²) in [6.45, 7) is 5.50. The van der Waals surface area contributed by atoms with Crippen molar-refractivity contribution in [2.45, 2.75) is 31.7 Å². The summed E-state index contributed by atoms with van der Waals surface area (Å²) in [5, 5.41) is 20.3. The number of rotatable bonds is 6. The third-order valence-corrected chi connectivity index (χ3v) is 6.29. The fraction of sp³-hybridized carbons (Fsp3) is 0.250. The smallest absolute Gasteiger partial charge is 0.338 e. The molecule has 0 saturated heterocycles. The second kappa shape index (κ2) is 10.4. The van der Waals surface area contributed by atoms with E-state index in [1.54, 1.807) is 31.2 Å². The number of hydrogen-bond donors (Lipinski definition) is 1. The molecule has 2 N–H and O–H groups in total. The molecule has 2 heterocycles. The molecule has 7 nitrogen and oxygen atoms in total. The highest BCUT2D eigenvalue weighted by Gasteiger charge is 2.38. The molecule has 0 saturated carbocycles. The number of aromatic nitrogens is 1. The van der Waals surface area contributed by atoms with Gasteiger partial charge in [0.05, 0.1) is 29.4 Å². The van der Waals surface area contributed by atoms with E-state index in [1.165, 1.54) is 11.8 Å². The number of aryl methyl sites for hydroxylation is 2. The lowest BCUT2D eigenvalue weighted by atomic mass is 9.83. The molecule has 33 heavy (non-hydrogen) atoms. The number of thioether (sulfide) groups is 1. The van der Waals surface area contributed by atoms with E-state index >= 15 is 0 Å². The first kappa shape index (κ1) is 24.2. The van der Waals surface area contributed by atoms with Crippen LogP contribution in [0.25, 0.3) is 0 Å². The van der Waals surface area contributed by atoms with E-state index < -0.39 is 11.9 Å². The molecule has 1 aliphatic heterocycles. The zero-order valence-corrected chi connectivity index (χ0v) is 19.9. The lowest BCUT2D eigenvalue weighted by Crippen LogP contribution is -2.27. The molecule has 0 radical (unpaired) electrons. The van der Waals surface area contributed by atoms with Crippen molar-refractivity contribution in [3.8, 4) is 12.1 Å². The molecule has 0 spiro atoms. The van der Waals surface area contributed by atoms with Crippen molar-refractivity contribution < 1.29 is 14.3 Å². The van der Waals surface area contributed by atoms with Crippen LogP contribution in [-0.4, -0.2) is 23.3 Å². The normalized spacial score (nSPS) is 15.5. The topological polar surface area (TPSA) is 122 Å². The van der Waals surface area contributed by atoms with Crippen LogP contribution in [0.15, 0.2) is 58.1 Å². The molecule has 1 aromatic carbocycles. The second-order valence-electron chi connectivity index (χ2n) is 7.16. The summed E-state index contributed by atoms with van der Waals surface area (Å²) in [5.41, 5.74) is 8.86. The Labute approximate surface area is 201 Å². The summed E-state index contributed by atoms with van der Waals surface area (Å²) in [6.07, 6.45) is 0. The van der Waals surface area contributed by atoms with Crippen LogP contribution in [-0.2, 0) is 14.3 Å². The number of pyridine rings is 1. The first-order valence-electron chi connectivity index (χ1n) is 10.1. The largest absolute Gasteiger partial charge is 0.463 e. The van der Waals surface area contributed by atoms with Gasteiger partial charge in [0.15, 0.2) is 0 Å². The van der Waals surface area contributed by atoms with Gasteiger partial charge in [0.2, 0.25) is 5.88 Å². The Hall–Kier alpha value is -3.46. The fourth-order valence-electron chi connectivity index (χ4n) is 3.55. The van der Waals surface area contributed by atoms with Crippen LogP contribution in [0.1, 0.15) is 35.2 Å². The molecule has 0 bridgehead atoms. The molecule has 1 atom stereocenters. The van der Waals surface area contributed by atoms with Crippen molar-refractivity contribution in [2.75, 3.05) is 12.4 Å². The minimum absolute atomic E-state index is 0.0714. The van der Waals surface area contributed by atoms with Gasteiger partial charge < -0.3 is 15.2 Å².